The van der Waals surface area contributed by atoms with Gasteiger partial charge in [-0.3, -0.25) is 0 Å². The molecule has 1 saturated carbocycles. The van der Waals surface area contributed by atoms with E-state index in [1.807, 2.05) is 0 Å². The molecule has 1 aromatic heterocycles. The van der Waals surface area contributed by atoms with Gasteiger partial charge >= 0.3 is 5.82 Å². The molecule has 0 aromatic carbocycles. The van der Waals surface area contributed by atoms with E-state index in [-0.39, 0.29) is 5.82 Å². The van der Waals surface area contributed by atoms with Crippen LogP contribution in [0.15, 0.2) is 18.3 Å². The molecule has 6 heteroatoms. The molecule has 2 N–H and O–H groups in total. The third-order valence-electron chi connectivity index (χ3n) is 4.17. The molecule has 0 aliphatic heterocycles. The Morgan fingerprint density at radius 3 is 2.70 bits per heavy atom. The normalized spacial score (nSPS) is 26.2. The summed E-state index contributed by atoms with van der Waals surface area (Å²) >= 11 is 0. The zero-order valence-electron chi connectivity index (χ0n) is 11.7. The Morgan fingerprint density at radius 2 is 2.20 bits per heavy atom. The minimum Gasteiger partial charge on any atom is -0.388 e. The van der Waals surface area contributed by atoms with E-state index in [4.69, 9.17) is 0 Å². The van der Waals surface area contributed by atoms with E-state index in [0.717, 1.165) is 31.6 Å². The number of rotatable bonds is 5. The molecular formula is C14H21N3O3. The number of nitrogens with one attached hydrogen (secondary N) is 1. The molecule has 0 atom stereocenters. The van der Waals surface area contributed by atoms with Crippen LogP contribution in [0.4, 0.5) is 11.5 Å². The molecule has 2 rings (SSSR count). The SMILES string of the molecule is CCC1CCC(O)(CNc2ccc([N+](=O)[O-])nc2)CC1. The average molecular weight is 279 g/mol. The molecule has 0 amide bonds. The van der Waals surface area contributed by atoms with Crippen LogP contribution >= 0.6 is 0 Å². The molecule has 1 fully saturated rings. The summed E-state index contributed by atoms with van der Waals surface area (Å²) in [5, 5.41) is 24.1. The van der Waals surface area contributed by atoms with Gasteiger partial charge < -0.3 is 20.5 Å². The Bertz CT molecular complexity index is 453. The van der Waals surface area contributed by atoms with Crippen LogP contribution < -0.4 is 5.32 Å². The summed E-state index contributed by atoms with van der Waals surface area (Å²) in [6, 6.07) is 2.98. The lowest BCUT2D eigenvalue weighted by molar-refractivity contribution is -0.389. The van der Waals surface area contributed by atoms with Gasteiger partial charge in [0.05, 0.1) is 11.3 Å². The largest absolute Gasteiger partial charge is 0.388 e. The van der Waals surface area contributed by atoms with Gasteiger partial charge in [-0.25, -0.2) is 0 Å². The Morgan fingerprint density at radius 1 is 1.50 bits per heavy atom. The van der Waals surface area contributed by atoms with Gasteiger partial charge in [0.25, 0.3) is 0 Å². The van der Waals surface area contributed by atoms with Crippen LogP contribution in [0.2, 0.25) is 0 Å². The molecule has 20 heavy (non-hydrogen) atoms. The fraction of sp³-hybridized carbons (Fsp3) is 0.643. The highest BCUT2D eigenvalue weighted by atomic mass is 16.6. The molecule has 110 valence electrons. The molecule has 1 heterocycles. The Kier molecular flexibility index (Phi) is 4.54. The number of aromatic nitrogens is 1. The number of pyridine rings is 1. The lowest BCUT2D eigenvalue weighted by atomic mass is 9.78. The van der Waals surface area contributed by atoms with Gasteiger partial charge in [0.1, 0.15) is 0 Å². The van der Waals surface area contributed by atoms with Crippen LogP contribution in [0.1, 0.15) is 39.0 Å². The second-order valence-electron chi connectivity index (χ2n) is 5.59. The van der Waals surface area contributed by atoms with Crippen LogP contribution in [-0.2, 0) is 0 Å². The summed E-state index contributed by atoms with van der Waals surface area (Å²) in [5.41, 5.74) is 0.0228. The van der Waals surface area contributed by atoms with Crippen molar-refractivity contribution in [1.82, 2.24) is 4.98 Å². The average Bonchev–Trinajstić information content (AvgIpc) is 2.46. The lowest BCUT2D eigenvalue weighted by Gasteiger charge is -2.36. The van der Waals surface area contributed by atoms with Crippen molar-refractivity contribution in [1.29, 1.82) is 0 Å². The summed E-state index contributed by atoms with van der Waals surface area (Å²) in [4.78, 5) is 13.7. The number of aliphatic hydroxyl groups is 1. The second-order valence-corrected chi connectivity index (χ2v) is 5.59. The maximum atomic E-state index is 10.5. The van der Waals surface area contributed by atoms with Crippen molar-refractivity contribution in [3.8, 4) is 0 Å². The predicted molar refractivity (Wildman–Crippen MR) is 76.6 cm³/mol. The fourth-order valence-corrected chi connectivity index (χ4v) is 2.67. The summed E-state index contributed by atoms with van der Waals surface area (Å²) < 4.78 is 0. The maximum absolute atomic E-state index is 10.5. The zero-order valence-corrected chi connectivity index (χ0v) is 11.7. The van der Waals surface area contributed by atoms with Gasteiger partial charge in [0.15, 0.2) is 6.20 Å². The minimum absolute atomic E-state index is 0.169. The van der Waals surface area contributed by atoms with Gasteiger partial charge in [0.2, 0.25) is 0 Å². The highest BCUT2D eigenvalue weighted by Crippen LogP contribution is 2.33. The third kappa shape index (κ3) is 3.66. The number of nitro groups is 1. The summed E-state index contributed by atoms with van der Waals surface area (Å²) in [5.74, 6) is 0.564. The maximum Gasteiger partial charge on any atom is 0.363 e. The smallest absolute Gasteiger partial charge is 0.363 e. The highest BCUT2D eigenvalue weighted by Gasteiger charge is 2.32. The number of hydrogen-bond donors (Lipinski definition) is 2. The van der Waals surface area contributed by atoms with E-state index in [1.54, 1.807) is 6.07 Å². The Hall–Kier alpha value is -1.69. The van der Waals surface area contributed by atoms with E-state index in [0.29, 0.717) is 12.2 Å². The van der Waals surface area contributed by atoms with Crippen LogP contribution in [0.3, 0.4) is 0 Å². The van der Waals surface area contributed by atoms with Gasteiger partial charge in [-0.05, 0) is 47.6 Å². The van der Waals surface area contributed by atoms with E-state index in [2.05, 4.69) is 17.2 Å². The van der Waals surface area contributed by atoms with Crippen LogP contribution in [0.25, 0.3) is 0 Å². The Labute approximate surface area is 118 Å². The van der Waals surface area contributed by atoms with Crippen molar-refractivity contribution >= 4 is 11.5 Å². The molecule has 1 aromatic rings. The van der Waals surface area contributed by atoms with E-state index in [1.165, 1.54) is 18.7 Å². The van der Waals surface area contributed by atoms with Crippen molar-refractivity contribution in [2.45, 2.75) is 44.6 Å². The first kappa shape index (κ1) is 14.7. The predicted octanol–water partition coefficient (Wildman–Crippen LogP) is 2.73. The Balaban J connectivity index is 1.87. The molecule has 6 nitrogen and oxygen atoms in total. The summed E-state index contributed by atoms with van der Waals surface area (Å²) in [6.07, 6.45) is 6.34. The minimum atomic E-state index is -0.673. The van der Waals surface area contributed by atoms with Crippen molar-refractivity contribution in [2.24, 2.45) is 5.92 Å². The van der Waals surface area contributed by atoms with Crippen molar-refractivity contribution < 1.29 is 10.0 Å². The molecule has 0 saturated heterocycles. The monoisotopic (exact) mass is 279 g/mol. The van der Waals surface area contributed by atoms with Gasteiger partial charge in [0, 0.05) is 12.6 Å². The van der Waals surface area contributed by atoms with Gasteiger partial charge in [-0.1, -0.05) is 13.3 Å². The number of anilines is 1. The van der Waals surface area contributed by atoms with Crippen LogP contribution in [0, 0.1) is 16.0 Å². The van der Waals surface area contributed by atoms with Gasteiger partial charge in [-0.2, -0.15) is 0 Å². The van der Waals surface area contributed by atoms with Crippen molar-refractivity contribution in [3.63, 3.8) is 0 Å². The molecule has 0 unspecified atom stereocenters. The molecule has 0 spiro atoms. The first-order valence-corrected chi connectivity index (χ1v) is 7.09. The quantitative estimate of drug-likeness (QED) is 0.639. The topological polar surface area (TPSA) is 88.3 Å². The molecule has 0 radical (unpaired) electrons. The fourth-order valence-electron chi connectivity index (χ4n) is 2.67. The third-order valence-corrected chi connectivity index (χ3v) is 4.17. The first-order chi connectivity index (χ1) is 9.52. The zero-order chi connectivity index (χ0) is 14.6. The summed E-state index contributed by atoms with van der Waals surface area (Å²) in [7, 11) is 0. The van der Waals surface area contributed by atoms with E-state index < -0.39 is 10.5 Å². The first-order valence-electron chi connectivity index (χ1n) is 7.09. The van der Waals surface area contributed by atoms with Crippen molar-refractivity contribution in [3.05, 3.63) is 28.4 Å². The van der Waals surface area contributed by atoms with E-state index >= 15 is 0 Å². The summed E-state index contributed by atoms with van der Waals surface area (Å²) in [6.45, 7) is 2.65. The van der Waals surface area contributed by atoms with Crippen LogP contribution in [0.5, 0.6) is 0 Å². The highest BCUT2D eigenvalue weighted by molar-refractivity contribution is 5.43. The molecule has 0 bridgehead atoms. The molecule has 1 aliphatic rings. The van der Waals surface area contributed by atoms with Crippen molar-refractivity contribution in [2.75, 3.05) is 11.9 Å². The number of nitrogens with zero attached hydrogens (tertiary/aromatic N) is 2. The van der Waals surface area contributed by atoms with Crippen LogP contribution in [-0.4, -0.2) is 27.2 Å². The number of hydrogen-bond acceptors (Lipinski definition) is 5. The van der Waals surface area contributed by atoms with Gasteiger partial charge in [-0.15, -0.1) is 0 Å². The molecular weight excluding hydrogens is 258 g/mol. The standard InChI is InChI=1S/C14H21N3O3/c1-2-11-5-7-14(18,8-6-11)10-16-12-3-4-13(15-9-12)17(19)20/h3-4,9,11,16,18H,2,5-8,10H2,1H3. The van der Waals surface area contributed by atoms with E-state index in [9.17, 15) is 15.2 Å². The molecule has 1 aliphatic carbocycles. The second kappa shape index (κ2) is 6.17. The lowest BCUT2D eigenvalue weighted by Crippen LogP contribution is -2.40.